The van der Waals surface area contributed by atoms with E-state index < -0.39 is 11.5 Å². The van der Waals surface area contributed by atoms with E-state index >= 15 is 0 Å². The second-order valence-corrected chi connectivity index (χ2v) is 11.1. The molecule has 0 radical (unpaired) electrons. The zero-order valence-corrected chi connectivity index (χ0v) is 21.9. The summed E-state index contributed by atoms with van der Waals surface area (Å²) in [6.45, 7) is 6.97. The van der Waals surface area contributed by atoms with Gasteiger partial charge >= 0.3 is 0 Å². The first-order valence-corrected chi connectivity index (χ1v) is 12.6. The normalized spacial score (nSPS) is 16.2. The van der Waals surface area contributed by atoms with Crippen LogP contribution in [0.4, 0.5) is 5.82 Å². The van der Waals surface area contributed by atoms with Crippen molar-refractivity contribution in [2.75, 3.05) is 32.1 Å². The lowest BCUT2D eigenvalue weighted by Gasteiger charge is -2.34. The van der Waals surface area contributed by atoms with Crippen molar-refractivity contribution in [2.45, 2.75) is 39.0 Å². The van der Waals surface area contributed by atoms with Gasteiger partial charge < -0.3 is 15.5 Å². The number of rotatable bonds is 5. The average molecular weight is 511 g/mol. The summed E-state index contributed by atoms with van der Waals surface area (Å²) in [4.78, 5) is 63.3. The molecule has 4 rings (SSSR count). The van der Waals surface area contributed by atoms with E-state index in [4.69, 9.17) is 10.7 Å². The number of primary amides is 1. The van der Waals surface area contributed by atoms with E-state index in [2.05, 4.69) is 4.98 Å². The molecule has 3 aromatic rings. The smallest absolute Gasteiger partial charge is 0.271 e. The van der Waals surface area contributed by atoms with E-state index in [-0.39, 0.29) is 39.8 Å². The summed E-state index contributed by atoms with van der Waals surface area (Å²) in [5.74, 6) is -0.752. The number of aromatic nitrogens is 3. The van der Waals surface area contributed by atoms with Crippen molar-refractivity contribution in [3.63, 3.8) is 0 Å². The van der Waals surface area contributed by atoms with Crippen LogP contribution in [-0.4, -0.2) is 64.6 Å². The highest BCUT2D eigenvalue weighted by Gasteiger charge is 2.30. The van der Waals surface area contributed by atoms with Crippen LogP contribution in [0.5, 0.6) is 0 Å². The third kappa shape index (κ3) is 4.62. The summed E-state index contributed by atoms with van der Waals surface area (Å²) < 4.78 is 1.30. The molecule has 0 bridgehead atoms. The molecule has 10 nitrogen and oxygen atoms in total. The van der Waals surface area contributed by atoms with Crippen molar-refractivity contribution in [2.24, 2.45) is 11.7 Å². The monoisotopic (exact) mass is 510 g/mol. The molecule has 1 aliphatic heterocycles. The van der Waals surface area contributed by atoms with Crippen molar-refractivity contribution in [3.8, 4) is 10.7 Å². The fraction of sp³-hybridized carbons (Fsp3) is 0.440. The van der Waals surface area contributed by atoms with Crippen LogP contribution in [-0.2, 0) is 10.2 Å². The maximum atomic E-state index is 13.7. The van der Waals surface area contributed by atoms with E-state index in [0.29, 0.717) is 42.9 Å². The largest absolute Gasteiger partial charge is 0.366 e. The number of hydrogen-bond donors (Lipinski definition) is 1. The van der Waals surface area contributed by atoms with Gasteiger partial charge in [-0.2, -0.15) is 0 Å². The summed E-state index contributed by atoms with van der Waals surface area (Å²) in [6.07, 6.45) is 1.93. The minimum Gasteiger partial charge on any atom is -0.366 e. The van der Waals surface area contributed by atoms with Gasteiger partial charge in [0.25, 0.3) is 5.56 Å². The third-order valence-electron chi connectivity index (χ3n) is 6.35. The molecule has 2 N–H and O–H groups in total. The van der Waals surface area contributed by atoms with Gasteiger partial charge in [0.2, 0.25) is 11.8 Å². The van der Waals surface area contributed by atoms with Crippen LogP contribution in [0.1, 0.15) is 60.0 Å². The summed E-state index contributed by atoms with van der Waals surface area (Å²) >= 11 is 1.33. The van der Waals surface area contributed by atoms with Gasteiger partial charge in [-0.15, -0.1) is 11.3 Å². The highest BCUT2D eigenvalue weighted by Crippen LogP contribution is 2.31. The van der Waals surface area contributed by atoms with Crippen molar-refractivity contribution in [1.82, 2.24) is 19.3 Å². The van der Waals surface area contributed by atoms with E-state index in [1.807, 2.05) is 26.2 Å². The van der Waals surface area contributed by atoms with Crippen molar-refractivity contribution >= 4 is 40.9 Å². The number of fused-ring (bicyclic) bond motifs is 1. The Morgan fingerprint density at radius 2 is 1.94 bits per heavy atom. The number of thiazole rings is 1. The lowest BCUT2D eigenvalue weighted by atomic mass is 9.93. The minimum absolute atomic E-state index is 0.0124. The number of nitrogens with two attached hydrogens (primary N) is 1. The zero-order valence-electron chi connectivity index (χ0n) is 21.1. The van der Waals surface area contributed by atoms with Crippen LogP contribution in [0.2, 0.25) is 0 Å². The Balaban J connectivity index is 1.92. The number of piperidine rings is 1. The van der Waals surface area contributed by atoms with Crippen molar-refractivity contribution in [1.29, 1.82) is 0 Å². The van der Waals surface area contributed by atoms with Gasteiger partial charge in [-0.05, 0) is 25.0 Å². The standard InChI is InChI=1S/C25H30N6O4S/c1-25(2,3)18-13-36-22(27-18)17-9-15(20(26)33)10-19-28-21(16(12-32)24(35)31(17)19)30-8-6-7-14(11-30)23(34)29(4)5/h9-10,12-14H,6-8,11H2,1-5H3,(H2,26,33). The first-order chi connectivity index (χ1) is 16.9. The molecule has 3 aromatic heterocycles. The number of anilines is 1. The van der Waals surface area contributed by atoms with Gasteiger partial charge in [0.15, 0.2) is 6.29 Å². The number of carbonyl (C=O) groups excluding carboxylic acids is 3. The number of carbonyl (C=O) groups is 3. The van der Waals surface area contributed by atoms with Gasteiger partial charge in [0, 0.05) is 43.5 Å². The molecule has 0 spiro atoms. The Morgan fingerprint density at radius 3 is 2.53 bits per heavy atom. The minimum atomic E-state index is -0.670. The van der Waals surface area contributed by atoms with Gasteiger partial charge in [-0.3, -0.25) is 23.6 Å². The SMILES string of the molecule is CN(C)C(=O)C1CCCN(c2nc3cc(C(N)=O)cc(-c4nc(C(C)(C)C)cs4)n3c(=O)c2C=O)C1. The van der Waals surface area contributed by atoms with Crippen molar-refractivity contribution in [3.05, 3.63) is 44.7 Å². The number of hydrogen-bond acceptors (Lipinski definition) is 8. The van der Waals surface area contributed by atoms with Crippen LogP contribution in [0, 0.1) is 5.92 Å². The number of aldehydes is 1. The molecule has 0 aromatic carbocycles. The molecular weight excluding hydrogens is 480 g/mol. The second-order valence-electron chi connectivity index (χ2n) is 10.3. The summed E-state index contributed by atoms with van der Waals surface area (Å²) in [5, 5.41) is 2.41. The first-order valence-electron chi connectivity index (χ1n) is 11.7. The van der Waals surface area contributed by atoms with Crippen LogP contribution < -0.4 is 16.2 Å². The molecule has 1 fully saturated rings. The molecule has 0 saturated carbocycles. The van der Waals surface area contributed by atoms with Gasteiger partial charge in [-0.25, -0.2) is 9.97 Å². The third-order valence-corrected chi connectivity index (χ3v) is 7.21. The lowest BCUT2D eigenvalue weighted by molar-refractivity contribution is -0.133. The quantitative estimate of drug-likeness (QED) is 0.521. The highest BCUT2D eigenvalue weighted by molar-refractivity contribution is 7.13. The summed E-state index contributed by atoms with van der Waals surface area (Å²) in [7, 11) is 3.41. The Bertz CT molecular complexity index is 1420. The maximum Gasteiger partial charge on any atom is 0.271 e. The Morgan fingerprint density at radius 1 is 1.22 bits per heavy atom. The lowest BCUT2D eigenvalue weighted by Crippen LogP contribution is -2.44. The Labute approximate surface area is 212 Å². The van der Waals surface area contributed by atoms with Crippen LogP contribution in [0.3, 0.4) is 0 Å². The second kappa shape index (κ2) is 9.45. The van der Waals surface area contributed by atoms with E-state index in [0.717, 1.165) is 5.69 Å². The predicted octanol–water partition coefficient (Wildman–Crippen LogP) is 2.33. The Kier molecular flexibility index (Phi) is 6.70. The summed E-state index contributed by atoms with van der Waals surface area (Å²) in [6, 6.07) is 2.95. The maximum absolute atomic E-state index is 13.7. The van der Waals surface area contributed by atoms with E-state index in [9.17, 15) is 19.2 Å². The van der Waals surface area contributed by atoms with Gasteiger partial charge in [0.1, 0.15) is 22.0 Å². The van der Waals surface area contributed by atoms with Crippen LogP contribution in [0.15, 0.2) is 22.3 Å². The molecule has 1 atom stereocenters. The molecule has 4 heterocycles. The molecular formula is C25H30N6O4S. The van der Waals surface area contributed by atoms with Gasteiger partial charge in [-0.1, -0.05) is 20.8 Å². The number of nitrogens with zero attached hydrogens (tertiary/aromatic N) is 5. The van der Waals surface area contributed by atoms with Crippen LogP contribution in [0.25, 0.3) is 16.3 Å². The highest BCUT2D eigenvalue weighted by atomic mass is 32.1. The van der Waals surface area contributed by atoms with E-state index in [1.165, 1.54) is 27.9 Å². The first kappa shape index (κ1) is 25.5. The number of pyridine rings is 1. The molecule has 0 aliphatic carbocycles. The van der Waals surface area contributed by atoms with E-state index in [1.54, 1.807) is 23.9 Å². The molecule has 1 unspecified atom stereocenters. The Hall–Kier alpha value is -3.60. The number of amides is 2. The molecule has 36 heavy (non-hydrogen) atoms. The van der Waals surface area contributed by atoms with Crippen LogP contribution >= 0.6 is 11.3 Å². The molecule has 11 heteroatoms. The molecule has 1 saturated heterocycles. The van der Waals surface area contributed by atoms with Crippen molar-refractivity contribution < 1.29 is 14.4 Å². The zero-order chi connectivity index (χ0) is 26.4. The molecule has 2 amide bonds. The van der Waals surface area contributed by atoms with Gasteiger partial charge in [0.05, 0.1) is 17.3 Å². The molecule has 190 valence electrons. The average Bonchev–Trinajstić information content (AvgIpc) is 3.33. The fourth-order valence-electron chi connectivity index (χ4n) is 4.38. The summed E-state index contributed by atoms with van der Waals surface area (Å²) in [5.41, 5.74) is 6.24. The topological polar surface area (TPSA) is 131 Å². The fourth-order valence-corrected chi connectivity index (χ4v) is 5.43. The predicted molar refractivity (Wildman–Crippen MR) is 139 cm³/mol. The molecule has 1 aliphatic rings.